The first-order valence-corrected chi connectivity index (χ1v) is 6.10. The molecule has 0 aromatic carbocycles. The second-order valence-electron chi connectivity index (χ2n) is 4.42. The standard InChI is InChI=1S/C12H25NO/c1-4-8-13-12(9-14-5-2)10(3)11-6-7-11/h10-13H,4-9H2,1-3H3. The van der Waals surface area contributed by atoms with Crippen molar-refractivity contribution in [2.75, 3.05) is 19.8 Å². The van der Waals surface area contributed by atoms with Crippen LogP contribution in [0.4, 0.5) is 0 Å². The van der Waals surface area contributed by atoms with Crippen LogP contribution < -0.4 is 5.32 Å². The molecular formula is C12H25NO. The van der Waals surface area contributed by atoms with Gasteiger partial charge in [0.2, 0.25) is 0 Å². The van der Waals surface area contributed by atoms with E-state index >= 15 is 0 Å². The van der Waals surface area contributed by atoms with Gasteiger partial charge in [0.1, 0.15) is 0 Å². The SMILES string of the molecule is CCCNC(COCC)C(C)C1CC1. The van der Waals surface area contributed by atoms with E-state index < -0.39 is 0 Å². The third kappa shape index (κ3) is 3.97. The smallest absolute Gasteiger partial charge is 0.0622 e. The fraction of sp³-hybridized carbons (Fsp3) is 1.00. The molecule has 1 aliphatic carbocycles. The minimum atomic E-state index is 0.572. The molecule has 1 N–H and O–H groups in total. The van der Waals surface area contributed by atoms with Crippen molar-refractivity contribution in [1.29, 1.82) is 0 Å². The molecule has 0 amide bonds. The molecule has 0 bridgehead atoms. The summed E-state index contributed by atoms with van der Waals surface area (Å²) >= 11 is 0. The normalized spacial score (nSPS) is 20.8. The summed E-state index contributed by atoms with van der Waals surface area (Å²) in [6, 6.07) is 0.572. The lowest BCUT2D eigenvalue weighted by molar-refractivity contribution is 0.101. The van der Waals surface area contributed by atoms with Gasteiger partial charge in [0.25, 0.3) is 0 Å². The lowest BCUT2D eigenvalue weighted by Crippen LogP contribution is -2.40. The molecule has 0 aromatic heterocycles. The highest BCUT2D eigenvalue weighted by Gasteiger charge is 2.32. The third-order valence-electron chi connectivity index (χ3n) is 3.16. The van der Waals surface area contributed by atoms with Gasteiger partial charge in [-0.05, 0) is 44.6 Å². The van der Waals surface area contributed by atoms with Gasteiger partial charge in [-0.15, -0.1) is 0 Å². The first-order chi connectivity index (χ1) is 6.79. The molecule has 0 radical (unpaired) electrons. The van der Waals surface area contributed by atoms with Crippen LogP contribution in [0.15, 0.2) is 0 Å². The summed E-state index contributed by atoms with van der Waals surface area (Å²) in [6.07, 6.45) is 4.06. The Balaban J connectivity index is 2.25. The Hall–Kier alpha value is -0.0800. The summed E-state index contributed by atoms with van der Waals surface area (Å²) in [7, 11) is 0. The molecule has 2 nitrogen and oxygen atoms in total. The summed E-state index contributed by atoms with van der Waals surface area (Å²) in [6.45, 7) is 9.49. The van der Waals surface area contributed by atoms with Gasteiger partial charge in [-0.3, -0.25) is 0 Å². The Kier molecular flexibility index (Phi) is 5.49. The number of rotatable bonds is 8. The van der Waals surface area contributed by atoms with Crippen molar-refractivity contribution in [3.63, 3.8) is 0 Å². The predicted octanol–water partition coefficient (Wildman–Crippen LogP) is 2.44. The quantitative estimate of drug-likeness (QED) is 0.648. The van der Waals surface area contributed by atoms with Crippen molar-refractivity contribution in [1.82, 2.24) is 5.32 Å². The maximum absolute atomic E-state index is 5.53. The van der Waals surface area contributed by atoms with E-state index in [0.29, 0.717) is 6.04 Å². The molecule has 0 aliphatic heterocycles. The average Bonchev–Trinajstić information content (AvgIpc) is 3.00. The monoisotopic (exact) mass is 199 g/mol. The van der Waals surface area contributed by atoms with Crippen molar-refractivity contribution in [2.24, 2.45) is 11.8 Å². The Morgan fingerprint density at radius 1 is 1.36 bits per heavy atom. The van der Waals surface area contributed by atoms with E-state index in [4.69, 9.17) is 4.74 Å². The minimum absolute atomic E-state index is 0.572. The average molecular weight is 199 g/mol. The second-order valence-corrected chi connectivity index (χ2v) is 4.42. The van der Waals surface area contributed by atoms with Crippen molar-refractivity contribution < 1.29 is 4.74 Å². The van der Waals surface area contributed by atoms with Gasteiger partial charge in [0.15, 0.2) is 0 Å². The summed E-state index contributed by atoms with van der Waals surface area (Å²) in [5.41, 5.74) is 0. The number of hydrogen-bond acceptors (Lipinski definition) is 2. The minimum Gasteiger partial charge on any atom is -0.380 e. The molecule has 0 heterocycles. The van der Waals surface area contributed by atoms with Crippen molar-refractivity contribution in [3.8, 4) is 0 Å². The van der Waals surface area contributed by atoms with Gasteiger partial charge in [-0.1, -0.05) is 13.8 Å². The van der Waals surface area contributed by atoms with Crippen LogP contribution in [0.5, 0.6) is 0 Å². The van der Waals surface area contributed by atoms with Crippen molar-refractivity contribution in [2.45, 2.75) is 46.1 Å². The lowest BCUT2D eigenvalue weighted by Gasteiger charge is -2.24. The van der Waals surface area contributed by atoms with Gasteiger partial charge in [-0.25, -0.2) is 0 Å². The van der Waals surface area contributed by atoms with Crippen LogP contribution in [0.1, 0.15) is 40.0 Å². The lowest BCUT2D eigenvalue weighted by atomic mass is 9.97. The molecule has 1 aliphatic rings. The molecule has 84 valence electrons. The Morgan fingerprint density at radius 2 is 2.07 bits per heavy atom. The van der Waals surface area contributed by atoms with Crippen LogP contribution in [-0.2, 0) is 4.74 Å². The molecule has 1 saturated carbocycles. The molecule has 0 spiro atoms. The van der Waals surface area contributed by atoms with Crippen molar-refractivity contribution in [3.05, 3.63) is 0 Å². The van der Waals surface area contributed by atoms with Crippen LogP contribution in [0.3, 0.4) is 0 Å². The van der Waals surface area contributed by atoms with E-state index in [9.17, 15) is 0 Å². The van der Waals surface area contributed by atoms with E-state index in [0.717, 1.165) is 31.6 Å². The highest BCUT2D eigenvalue weighted by atomic mass is 16.5. The summed E-state index contributed by atoms with van der Waals surface area (Å²) in [5, 5.41) is 3.60. The molecular weight excluding hydrogens is 174 g/mol. The van der Waals surface area contributed by atoms with Crippen LogP contribution in [0, 0.1) is 11.8 Å². The Labute approximate surface area is 88.4 Å². The molecule has 14 heavy (non-hydrogen) atoms. The molecule has 2 heteroatoms. The summed E-state index contributed by atoms with van der Waals surface area (Å²) in [4.78, 5) is 0. The van der Waals surface area contributed by atoms with Gasteiger partial charge in [0.05, 0.1) is 6.61 Å². The molecule has 0 saturated heterocycles. The van der Waals surface area contributed by atoms with Crippen LogP contribution in [0.2, 0.25) is 0 Å². The van der Waals surface area contributed by atoms with Gasteiger partial charge < -0.3 is 10.1 Å². The Morgan fingerprint density at radius 3 is 2.57 bits per heavy atom. The number of ether oxygens (including phenoxy) is 1. The van der Waals surface area contributed by atoms with Gasteiger partial charge >= 0.3 is 0 Å². The largest absolute Gasteiger partial charge is 0.380 e. The van der Waals surface area contributed by atoms with Crippen LogP contribution in [-0.4, -0.2) is 25.8 Å². The van der Waals surface area contributed by atoms with Gasteiger partial charge in [0, 0.05) is 12.6 Å². The molecule has 0 aromatic rings. The Bertz CT molecular complexity index is 137. The highest BCUT2D eigenvalue weighted by Crippen LogP contribution is 2.38. The first kappa shape index (κ1) is 12.0. The van der Waals surface area contributed by atoms with E-state index in [1.165, 1.54) is 19.3 Å². The molecule has 2 atom stereocenters. The fourth-order valence-electron chi connectivity index (χ4n) is 1.92. The predicted molar refractivity (Wildman–Crippen MR) is 60.5 cm³/mol. The van der Waals surface area contributed by atoms with Crippen LogP contribution in [0.25, 0.3) is 0 Å². The van der Waals surface area contributed by atoms with E-state index in [1.807, 2.05) is 0 Å². The fourth-order valence-corrected chi connectivity index (χ4v) is 1.92. The molecule has 2 unspecified atom stereocenters. The summed E-state index contributed by atoms with van der Waals surface area (Å²) in [5.74, 6) is 1.75. The molecule has 1 fully saturated rings. The van der Waals surface area contributed by atoms with E-state index in [-0.39, 0.29) is 0 Å². The first-order valence-electron chi connectivity index (χ1n) is 6.10. The highest BCUT2D eigenvalue weighted by molar-refractivity contribution is 4.86. The number of nitrogens with one attached hydrogen (secondary N) is 1. The molecule has 1 rings (SSSR count). The summed E-state index contributed by atoms with van der Waals surface area (Å²) < 4.78 is 5.53. The second kappa shape index (κ2) is 6.41. The number of hydrogen-bond donors (Lipinski definition) is 1. The van der Waals surface area contributed by atoms with Gasteiger partial charge in [-0.2, -0.15) is 0 Å². The zero-order valence-electron chi connectivity index (χ0n) is 9.88. The van der Waals surface area contributed by atoms with E-state index in [2.05, 4.69) is 26.1 Å². The zero-order valence-corrected chi connectivity index (χ0v) is 9.88. The topological polar surface area (TPSA) is 21.3 Å². The third-order valence-corrected chi connectivity index (χ3v) is 3.16. The van der Waals surface area contributed by atoms with Crippen LogP contribution >= 0.6 is 0 Å². The van der Waals surface area contributed by atoms with E-state index in [1.54, 1.807) is 0 Å². The maximum Gasteiger partial charge on any atom is 0.0622 e. The van der Waals surface area contributed by atoms with Crippen molar-refractivity contribution >= 4 is 0 Å². The maximum atomic E-state index is 5.53. The zero-order chi connectivity index (χ0) is 10.4.